The van der Waals surface area contributed by atoms with Crippen LogP contribution in [-0.2, 0) is 6.42 Å². The first kappa shape index (κ1) is 6.65. The van der Waals surface area contributed by atoms with E-state index in [9.17, 15) is 4.48 Å². The summed E-state index contributed by atoms with van der Waals surface area (Å²) in [6.07, 6.45) is 0.826. The Balaban J connectivity index is 2.47. The number of rotatable bonds is 0. The van der Waals surface area contributed by atoms with Crippen molar-refractivity contribution < 1.29 is 4.48 Å². The second-order valence-corrected chi connectivity index (χ2v) is 2.99. The molecule has 1 aliphatic heterocycles. The van der Waals surface area contributed by atoms with Crippen LogP contribution in [0.2, 0.25) is 0 Å². The van der Waals surface area contributed by atoms with Crippen molar-refractivity contribution in [3.63, 3.8) is 0 Å². The van der Waals surface area contributed by atoms with E-state index in [1.54, 1.807) is 0 Å². The number of para-hydroxylation sites is 1. The van der Waals surface area contributed by atoms with Gasteiger partial charge < -0.3 is 0 Å². The smallest absolute Gasteiger partial charge is 0.0723 e. The number of nitrogens with zero attached hydrogens (tertiary/aromatic N) is 1. The van der Waals surface area contributed by atoms with Crippen LogP contribution in [0.4, 0.5) is 10.2 Å². The second-order valence-electron chi connectivity index (χ2n) is 2.99. The van der Waals surface area contributed by atoms with E-state index in [4.69, 9.17) is 0 Å². The summed E-state index contributed by atoms with van der Waals surface area (Å²) in [6, 6.07) is 7.62. The van der Waals surface area contributed by atoms with Crippen molar-refractivity contribution in [2.75, 3.05) is 5.12 Å². The van der Waals surface area contributed by atoms with Crippen LogP contribution in [0.25, 0.3) is 0 Å². The lowest BCUT2D eigenvalue weighted by Crippen LogP contribution is -2.19. The quantitative estimate of drug-likeness (QED) is 0.514. The summed E-state index contributed by atoms with van der Waals surface area (Å²) in [5, 5.41) is 0.843. The summed E-state index contributed by atoms with van der Waals surface area (Å²) in [4.78, 5) is 0. The van der Waals surface area contributed by atoms with Crippen molar-refractivity contribution in [2.24, 2.45) is 0 Å². The van der Waals surface area contributed by atoms with Gasteiger partial charge in [-0.25, -0.2) is 5.12 Å². The molecule has 0 aliphatic carbocycles. The fraction of sp³-hybridized carbons (Fsp3) is 0.333. The molecule has 0 fully saturated rings. The highest BCUT2D eigenvalue weighted by Crippen LogP contribution is 2.31. The Labute approximate surface area is 65.4 Å². The number of halogens is 1. The van der Waals surface area contributed by atoms with E-state index in [-0.39, 0.29) is 6.04 Å². The minimum Gasteiger partial charge on any atom is -0.208 e. The zero-order valence-corrected chi connectivity index (χ0v) is 6.42. The van der Waals surface area contributed by atoms with E-state index in [2.05, 4.69) is 0 Å². The third kappa shape index (κ3) is 0.897. The van der Waals surface area contributed by atoms with Crippen LogP contribution in [0.3, 0.4) is 0 Å². The van der Waals surface area contributed by atoms with Crippen molar-refractivity contribution in [1.82, 2.24) is 0 Å². The maximum Gasteiger partial charge on any atom is 0.0723 e. The van der Waals surface area contributed by atoms with Crippen LogP contribution in [0.15, 0.2) is 24.3 Å². The summed E-state index contributed by atoms with van der Waals surface area (Å²) in [7, 11) is 0. The Morgan fingerprint density at radius 2 is 2.18 bits per heavy atom. The zero-order chi connectivity index (χ0) is 7.84. The molecule has 1 unspecified atom stereocenters. The van der Waals surface area contributed by atoms with Crippen molar-refractivity contribution in [3.05, 3.63) is 29.8 Å². The Morgan fingerprint density at radius 3 is 2.91 bits per heavy atom. The summed E-state index contributed by atoms with van der Waals surface area (Å²) in [5.41, 5.74) is 1.85. The highest BCUT2D eigenvalue weighted by Gasteiger charge is 2.24. The Bertz CT molecular complexity index is 272. The summed E-state index contributed by atoms with van der Waals surface area (Å²) >= 11 is 0. The van der Waals surface area contributed by atoms with Gasteiger partial charge in [0.05, 0.1) is 11.7 Å². The van der Waals surface area contributed by atoms with Crippen LogP contribution in [-0.4, -0.2) is 6.04 Å². The van der Waals surface area contributed by atoms with Crippen LogP contribution in [0, 0.1) is 0 Å². The predicted octanol–water partition coefficient (Wildman–Crippen LogP) is 2.32. The SMILES string of the molecule is CC1Cc2ccccc2N1F. The first-order valence-corrected chi connectivity index (χ1v) is 3.82. The molecule has 0 saturated heterocycles. The van der Waals surface area contributed by atoms with Gasteiger partial charge in [-0.05, 0) is 25.0 Å². The minimum absolute atomic E-state index is 0.00685. The fourth-order valence-corrected chi connectivity index (χ4v) is 1.53. The average molecular weight is 151 g/mol. The lowest BCUT2D eigenvalue weighted by Gasteiger charge is -2.11. The summed E-state index contributed by atoms with van der Waals surface area (Å²) in [5.74, 6) is 0. The van der Waals surface area contributed by atoms with Crippen molar-refractivity contribution in [2.45, 2.75) is 19.4 Å². The standard InChI is InChI=1S/C9H10FN/c1-7-6-8-4-2-3-5-9(8)11(7)10/h2-5,7H,6H2,1H3. The van der Waals surface area contributed by atoms with Gasteiger partial charge in [0.25, 0.3) is 0 Å². The summed E-state index contributed by atoms with van der Waals surface area (Å²) < 4.78 is 13.1. The van der Waals surface area contributed by atoms with Crippen molar-refractivity contribution >= 4 is 5.69 Å². The molecule has 0 radical (unpaired) electrons. The molecule has 0 aromatic heterocycles. The predicted molar refractivity (Wildman–Crippen MR) is 43.2 cm³/mol. The number of anilines is 1. The van der Waals surface area contributed by atoms with Crippen LogP contribution < -0.4 is 5.12 Å². The molecule has 2 heteroatoms. The monoisotopic (exact) mass is 151 g/mol. The summed E-state index contributed by atoms with van der Waals surface area (Å²) in [6.45, 7) is 1.89. The van der Waals surface area contributed by atoms with Gasteiger partial charge in [0.15, 0.2) is 0 Å². The number of hydrogen-bond donors (Lipinski definition) is 0. The van der Waals surface area contributed by atoms with Crippen LogP contribution in [0.1, 0.15) is 12.5 Å². The molecule has 0 N–H and O–H groups in total. The van der Waals surface area contributed by atoms with Gasteiger partial charge in [-0.2, -0.15) is 0 Å². The normalized spacial score (nSPS) is 22.0. The Morgan fingerprint density at radius 1 is 1.45 bits per heavy atom. The molecular weight excluding hydrogens is 141 g/mol. The first-order valence-electron chi connectivity index (χ1n) is 3.82. The van der Waals surface area contributed by atoms with E-state index in [1.165, 1.54) is 0 Å². The average Bonchev–Trinajstić information content (AvgIpc) is 2.30. The van der Waals surface area contributed by atoms with E-state index in [0.717, 1.165) is 22.8 Å². The topological polar surface area (TPSA) is 3.24 Å². The Kier molecular flexibility index (Phi) is 1.34. The molecule has 1 aliphatic rings. The van der Waals surface area contributed by atoms with Gasteiger partial charge in [-0.15, -0.1) is 0 Å². The molecule has 0 bridgehead atoms. The van der Waals surface area contributed by atoms with Gasteiger partial charge in [-0.1, -0.05) is 22.7 Å². The molecule has 0 amide bonds. The molecule has 0 saturated carbocycles. The second kappa shape index (κ2) is 2.22. The first-order chi connectivity index (χ1) is 5.29. The molecular formula is C9H10FN. The fourth-order valence-electron chi connectivity index (χ4n) is 1.53. The van der Waals surface area contributed by atoms with E-state index in [1.807, 2.05) is 31.2 Å². The maximum absolute atomic E-state index is 13.1. The van der Waals surface area contributed by atoms with E-state index < -0.39 is 0 Å². The molecule has 1 nitrogen and oxygen atoms in total. The van der Waals surface area contributed by atoms with Crippen LogP contribution in [0.5, 0.6) is 0 Å². The molecule has 11 heavy (non-hydrogen) atoms. The Hall–Kier alpha value is -1.05. The molecule has 0 spiro atoms. The molecule has 1 atom stereocenters. The molecule has 1 aromatic carbocycles. The van der Waals surface area contributed by atoms with Gasteiger partial charge in [-0.3, -0.25) is 0 Å². The zero-order valence-electron chi connectivity index (χ0n) is 6.42. The van der Waals surface area contributed by atoms with E-state index in [0.29, 0.717) is 0 Å². The molecule has 2 rings (SSSR count). The maximum atomic E-state index is 13.1. The highest BCUT2D eigenvalue weighted by molar-refractivity contribution is 5.56. The van der Waals surface area contributed by atoms with Crippen molar-refractivity contribution in [1.29, 1.82) is 0 Å². The third-order valence-corrected chi connectivity index (χ3v) is 2.12. The third-order valence-electron chi connectivity index (χ3n) is 2.12. The lowest BCUT2D eigenvalue weighted by molar-refractivity contribution is 0.396. The lowest BCUT2D eigenvalue weighted by atomic mass is 10.1. The number of benzene rings is 1. The van der Waals surface area contributed by atoms with Gasteiger partial charge in [0, 0.05) is 0 Å². The van der Waals surface area contributed by atoms with Gasteiger partial charge in [0.1, 0.15) is 0 Å². The molecule has 1 heterocycles. The number of fused-ring (bicyclic) bond motifs is 1. The van der Waals surface area contributed by atoms with Gasteiger partial charge >= 0.3 is 0 Å². The van der Waals surface area contributed by atoms with Crippen molar-refractivity contribution in [3.8, 4) is 0 Å². The van der Waals surface area contributed by atoms with Crippen LogP contribution >= 0.6 is 0 Å². The van der Waals surface area contributed by atoms with E-state index >= 15 is 0 Å². The minimum atomic E-state index is 0.00685. The highest BCUT2D eigenvalue weighted by atomic mass is 19.2. The molecule has 58 valence electrons. The molecule has 1 aromatic rings. The largest absolute Gasteiger partial charge is 0.208 e. The van der Waals surface area contributed by atoms with Gasteiger partial charge in [0.2, 0.25) is 0 Å². The number of hydrogen-bond acceptors (Lipinski definition) is 1.